The molecule has 33 heavy (non-hydrogen) atoms. The van der Waals surface area contributed by atoms with E-state index in [2.05, 4.69) is 37.6 Å². The number of benzene rings is 2. The number of methoxy groups -OCH3 is 1. The molecule has 0 aliphatic carbocycles. The fourth-order valence-electron chi connectivity index (χ4n) is 3.96. The fourth-order valence-corrected chi connectivity index (χ4v) is 3.96. The van der Waals surface area contributed by atoms with Gasteiger partial charge in [0.2, 0.25) is 5.95 Å². The molecule has 0 spiro atoms. The SMILES string of the molecule is COc1cccc(Nc2nc3ccc(C(=O)N(CC(C)C)CC(C)C)cc3n2CCCN)c1. The number of fused-ring (bicyclic) bond motifs is 1. The summed E-state index contributed by atoms with van der Waals surface area (Å²) in [7, 11) is 1.65. The van der Waals surface area contributed by atoms with Gasteiger partial charge in [-0.15, -0.1) is 0 Å². The first-order chi connectivity index (χ1) is 15.8. The number of nitrogens with two attached hydrogens (primary N) is 1. The zero-order chi connectivity index (χ0) is 24.0. The number of hydrogen-bond acceptors (Lipinski definition) is 5. The van der Waals surface area contributed by atoms with Crippen LogP contribution >= 0.6 is 0 Å². The van der Waals surface area contributed by atoms with Gasteiger partial charge in [-0.1, -0.05) is 33.8 Å². The molecule has 2 aromatic carbocycles. The van der Waals surface area contributed by atoms with Crippen molar-refractivity contribution >= 4 is 28.6 Å². The van der Waals surface area contributed by atoms with Crippen LogP contribution in [0.5, 0.6) is 5.75 Å². The summed E-state index contributed by atoms with van der Waals surface area (Å²) in [6, 6.07) is 13.5. The Morgan fingerprint density at radius 2 is 1.85 bits per heavy atom. The second kappa shape index (κ2) is 11.2. The van der Waals surface area contributed by atoms with E-state index in [0.29, 0.717) is 30.5 Å². The van der Waals surface area contributed by atoms with Gasteiger partial charge in [0.25, 0.3) is 5.91 Å². The minimum Gasteiger partial charge on any atom is -0.497 e. The van der Waals surface area contributed by atoms with E-state index in [4.69, 9.17) is 15.5 Å². The quantitative estimate of drug-likeness (QED) is 0.433. The summed E-state index contributed by atoms with van der Waals surface area (Å²) in [5.74, 6) is 2.37. The second-order valence-electron chi connectivity index (χ2n) is 9.29. The Balaban J connectivity index is 1.99. The van der Waals surface area contributed by atoms with E-state index >= 15 is 0 Å². The van der Waals surface area contributed by atoms with Crippen LogP contribution in [0.1, 0.15) is 44.5 Å². The average Bonchev–Trinajstić information content (AvgIpc) is 3.12. The number of amides is 1. The highest BCUT2D eigenvalue weighted by atomic mass is 16.5. The maximum atomic E-state index is 13.4. The van der Waals surface area contributed by atoms with Crippen molar-refractivity contribution in [1.29, 1.82) is 0 Å². The zero-order valence-corrected chi connectivity index (χ0v) is 20.5. The van der Waals surface area contributed by atoms with Gasteiger partial charge in [0, 0.05) is 37.0 Å². The van der Waals surface area contributed by atoms with Gasteiger partial charge in [-0.3, -0.25) is 4.79 Å². The number of carbonyl (C=O) groups excluding carboxylic acids is 1. The Morgan fingerprint density at radius 1 is 1.12 bits per heavy atom. The summed E-state index contributed by atoms with van der Waals surface area (Å²) < 4.78 is 7.44. The molecule has 0 fully saturated rings. The lowest BCUT2D eigenvalue weighted by molar-refractivity contribution is 0.0715. The van der Waals surface area contributed by atoms with Gasteiger partial charge in [0.05, 0.1) is 18.1 Å². The molecule has 178 valence electrons. The first-order valence-corrected chi connectivity index (χ1v) is 11.7. The van der Waals surface area contributed by atoms with Crippen LogP contribution in [0, 0.1) is 11.8 Å². The number of imidazole rings is 1. The highest BCUT2D eigenvalue weighted by Gasteiger charge is 2.20. The molecule has 0 saturated heterocycles. The third-order valence-electron chi connectivity index (χ3n) is 5.37. The maximum absolute atomic E-state index is 13.4. The van der Waals surface area contributed by atoms with Crippen LogP contribution in [0.25, 0.3) is 11.0 Å². The molecule has 0 aliphatic rings. The van der Waals surface area contributed by atoms with E-state index in [1.165, 1.54) is 0 Å². The number of aromatic nitrogens is 2. The number of anilines is 2. The molecule has 3 rings (SSSR count). The molecule has 1 aromatic heterocycles. The predicted molar refractivity (Wildman–Crippen MR) is 135 cm³/mol. The molecule has 0 radical (unpaired) electrons. The Hall–Kier alpha value is -3.06. The third-order valence-corrected chi connectivity index (χ3v) is 5.37. The van der Waals surface area contributed by atoms with Gasteiger partial charge in [0.1, 0.15) is 5.75 Å². The third kappa shape index (κ3) is 6.26. The Labute approximate surface area is 196 Å². The van der Waals surface area contributed by atoms with Gasteiger partial charge in [-0.25, -0.2) is 4.98 Å². The Morgan fingerprint density at radius 3 is 2.48 bits per heavy atom. The van der Waals surface area contributed by atoms with Crippen LogP contribution in [0.3, 0.4) is 0 Å². The number of hydrogen-bond donors (Lipinski definition) is 2. The molecule has 7 heteroatoms. The number of aryl methyl sites for hydroxylation is 1. The number of carbonyl (C=O) groups is 1. The Kier molecular flexibility index (Phi) is 8.33. The lowest BCUT2D eigenvalue weighted by Crippen LogP contribution is -2.37. The predicted octanol–water partition coefficient (Wildman–Crippen LogP) is 4.89. The molecule has 0 unspecified atom stereocenters. The summed E-state index contributed by atoms with van der Waals surface area (Å²) in [6.45, 7) is 11.3. The van der Waals surface area contributed by atoms with Crippen molar-refractivity contribution in [2.24, 2.45) is 17.6 Å². The maximum Gasteiger partial charge on any atom is 0.253 e. The van der Waals surface area contributed by atoms with Gasteiger partial charge in [-0.2, -0.15) is 0 Å². The molecule has 0 aliphatic heterocycles. The van der Waals surface area contributed by atoms with Gasteiger partial charge >= 0.3 is 0 Å². The largest absolute Gasteiger partial charge is 0.497 e. The number of nitrogens with one attached hydrogen (secondary N) is 1. The molecular weight excluding hydrogens is 414 g/mol. The molecule has 3 N–H and O–H groups in total. The minimum atomic E-state index is 0.0631. The number of rotatable bonds is 11. The van der Waals surface area contributed by atoms with E-state index in [-0.39, 0.29) is 5.91 Å². The van der Waals surface area contributed by atoms with Crippen LogP contribution in [0.2, 0.25) is 0 Å². The van der Waals surface area contributed by atoms with Crippen LogP contribution in [-0.4, -0.2) is 47.1 Å². The lowest BCUT2D eigenvalue weighted by Gasteiger charge is -2.26. The molecule has 7 nitrogen and oxygen atoms in total. The summed E-state index contributed by atoms with van der Waals surface area (Å²) in [5, 5.41) is 3.40. The molecule has 1 amide bonds. The summed E-state index contributed by atoms with van der Waals surface area (Å²) in [4.78, 5) is 20.2. The average molecular weight is 452 g/mol. The smallest absolute Gasteiger partial charge is 0.253 e. The standard InChI is InChI=1S/C26H37N5O2/c1-18(2)16-30(17-19(3)4)25(32)20-10-11-23-24(14-20)31(13-7-12-27)26(29-23)28-21-8-6-9-22(15-21)33-5/h6,8-11,14-15,18-19H,7,12-13,16-17,27H2,1-5H3,(H,28,29). The minimum absolute atomic E-state index is 0.0631. The molecule has 0 saturated carbocycles. The second-order valence-corrected chi connectivity index (χ2v) is 9.29. The van der Waals surface area contributed by atoms with Gasteiger partial charge in [-0.05, 0) is 55.1 Å². The van der Waals surface area contributed by atoms with Crippen molar-refractivity contribution in [2.75, 3.05) is 32.1 Å². The summed E-state index contributed by atoms with van der Waals surface area (Å²) >= 11 is 0. The van der Waals surface area contributed by atoms with E-state index in [1.807, 2.05) is 47.4 Å². The normalized spacial score (nSPS) is 11.4. The Bertz CT molecular complexity index is 1060. The summed E-state index contributed by atoms with van der Waals surface area (Å²) in [5.41, 5.74) is 9.14. The molecular formula is C26H37N5O2. The van der Waals surface area contributed by atoms with Crippen molar-refractivity contribution in [3.8, 4) is 5.75 Å². The van der Waals surface area contributed by atoms with Crippen LogP contribution in [0.15, 0.2) is 42.5 Å². The van der Waals surface area contributed by atoms with E-state index in [0.717, 1.165) is 47.9 Å². The zero-order valence-electron chi connectivity index (χ0n) is 20.5. The molecule has 0 bridgehead atoms. The van der Waals surface area contributed by atoms with Crippen molar-refractivity contribution in [1.82, 2.24) is 14.5 Å². The van der Waals surface area contributed by atoms with Crippen molar-refractivity contribution in [3.63, 3.8) is 0 Å². The van der Waals surface area contributed by atoms with Crippen molar-refractivity contribution in [3.05, 3.63) is 48.0 Å². The van der Waals surface area contributed by atoms with Crippen molar-refractivity contribution < 1.29 is 9.53 Å². The molecule has 3 aromatic rings. The van der Waals surface area contributed by atoms with E-state index < -0.39 is 0 Å². The first-order valence-electron chi connectivity index (χ1n) is 11.7. The molecule has 0 atom stereocenters. The summed E-state index contributed by atoms with van der Waals surface area (Å²) in [6.07, 6.45) is 0.809. The fraction of sp³-hybridized carbons (Fsp3) is 0.462. The molecule has 1 heterocycles. The lowest BCUT2D eigenvalue weighted by atomic mass is 10.1. The highest BCUT2D eigenvalue weighted by molar-refractivity contribution is 5.98. The van der Waals surface area contributed by atoms with Crippen LogP contribution < -0.4 is 15.8 Å². The topological polar surface area (TPSA) is 85.4 Å². The van der Waals surface area contributed by atoms with E-state index in [1.54, 1.807) is 7.11 Å². The van der Waals surface area contributed by atoms with Gasteiger partial charge < -0.3 is 25.3 Å². The number of ether oxygens (including phenoxy) is 1. The number of nitrogens with zero attached hydrogens (tertiary/aromatic N) is 3. The van der Waals surface area contributed by atoms with E-state index in [9.17, 15) is 4.79 Å². The van der Waals surface area contributed by atoms with Crippen LogP contribution in [0.4, 0.5) is 11.6 Å². The van der Waals surface area contributed by atoms with Crippen LogP contribution in [-0.2, 0) is 6.54 Å². The van der Waals surface area contributed by atoms with Crippen molar-refractivity contribution in [2.45, 2.75) is 40.7 Å². The van der Waals surface area contributed by atoms with Gasteiger partial charge in [0.15, 0.2) is 0 Å². The first kappa shape index (κ1) is 24.6. The highest BCUT2D eigenvalue weighted by Crippen LogP contribution is 2.26. The monoisotopic (exact) mass is 451 g/mol.